The minimum absolute atomic E-state index is 0.366. The summed E-state index contributed by atoms with van der Waals surface area (Å²) < 4.78 is 0. The summed E-state index contributed by atoms with van der Waals surface area (Å²) in [5.74, 6) is 0. The Hall–Kier alpha value is -0.120. The zero-order chi connectivity index (χ0) is 10.3. The number of piperidine rings is 1. The Bertz CT molecular complexity index is 240. The number of nitrogens with zero attached hydrogens (tertiary/aromatic N) is 1. The highest BCUT2D eigenvalue weighted by Gasteiger charge is 2.51. The van der Waals surface area contributed by atoms with Crippen molar-refractivity contribution in [2.75, 3.05) is 19.6 Å². The molecule has 0 aromatic rings. The smallest absolute Gasteiger partial charge is 0.0966 e. The summed E-state index contributed by atoms with van der Waals surface area (Å²) in [6, 6.07) is 0.812. The molecular formula is C12H22N2O. The molecule has 3 heterocycles. The van der Waals surface area contributed by atoms with Crippen LogP contribution in [0.3, 0.4) is 0 Å². The Morgan fingerprint density at radius 3 is 2.87 bits per heavy atom. The van der Waals surface area contributed by atoms with E-state index in [2.05, 4.69) is 10.2 Å². The van der Waals surface area contributed by atoms with Crippen LogP contribution in [0, 0.1) is 0 Å². The predicted octanol–water partition coefficient (Wildman–Crippen LogP) is 0.728. The van der Waals surface area contributed by atoms with E-state index in [0.29, 0.717) is 12.1 Å². The molecule has 3 atom stereocenters. The van der Waals surface area contributed by atoms with Gasteiger partial charge < -0.3 is 10.4 Å². The van der Waals surface area contributed by atoms with Gasteiger partial charge in [-0.3, -0.25) is 4.90 Å². The fourth-order valence-corrected chi connectivity index (χ4v) is 3.83. The van der Waals surface area contributed by atoms with Crippen molar-refractivity contribution in [1.82, 2.24) is 10.2 Å². The molecule has 0 radical (unpaired) electrons. The van der Waals surface area contributed by atoms with Gasteiger partial charge in [0.15, 0.2) is 0 Å². The first kappa shape index (κ1) is 10.1. The fraction of sp³-hybridized carbons (Fsp3) is 1.00. The zero-order valence-electron chi connectivity index (χ0n) is 9.41. The molecule has 0 saturated carbocycles. The van der Waals surface area contributed by atoms with Crippen LogP contribution < -0.4 is 5.32 Å². The SMILES string of the molecule is OC1(C2CCCN2)CCN2CCCCC21. The lowest BCUT2D eigenvalue weighted by Crippen LogP contribution is -2.56. The van der Waals surface area contributed by atoms with E-state index in [1.54, 1.807) is 0 Å². The quantitative estimate of drug-likeness (QED) is 0.669. The van der Waals surface area contributed by atoms with Gasteiger partial charge >= 0.3 is 0 Å². The van der Waals surface area contributed by atoms with Crippen molar-refractivity contribution >= 4 is 0 Å². The Morgan fingerprint density at radius 1 is 1.13 bits per heavy atom. The Morgan fingerprint density at radius 2 is 2.07 bits per heavy atom. The lowest BCUT2D eigenvalue weighted by molar-refractivity contribution is -0.0346. The molecule has 3 aliphatic rings. The minimum atomic E-state index is -0.420. The number of rotatable bonds is 1. The molecule has 2 N–H and O–H groups in total. The second-order valence-electron chi connectivity index (χ2n) is 5.44. The first-order chi connectivity index (χ1) is 7.31. The van der Waals surface area contributed by atoms with Crippen LogP contribution in [0.25, 0.3) is 0 Å². The summed E-state index contributed by atoms with van der Waals surface area (Å²) in [6.45, 7) is 3.42. The average molecular weight is 210 g/mol. The van der Waals surface area contributed by atoms with Crippen LogP contribution >= 0.6 is 0 Å². The van der Waals surface area contributed by atoms with Gasteiger partial charge in [0, 0.05) is 18.6 Å². The van der Waals surface area contributed by atoms with Gasteiger partial charge in [0.25, 0.3) is 0 Å². The van der Waals surface area contributed by atoms with Crippen molar-refractivity contribution in [2.24, 2.45) is 0 Å². The van der Waals surface area contributed by atoms with Crippen molar-refractivity contribution < 1.29 is 5.11 Å². The van der Waals surface area contributed by atoms with Crippen LogP contribution in [0.5, 0.6) is 0 Å². The van der Waals surface area contributed by atoms with Crippen LogP contribution in [-0.2, 0) is 0 Å². The number of nitrogens with one attached hydrogen (secondary N) is 1. The zero-order valence-corrected chi connectivity index (χ0v) is 9.41. The lowest BCUT2D eigenvalue weighted by atomic mass is 9.82. The topological polar surface area (TPSA) is 35.5 Å². The fourth-order valence-electron chi connectivity index (χ4n) is 3.83. The van der Waals surface area contributed by atoms with Crippen molar-refractivity contribution in [3.05, 3.63) is 0 Å². The summed E-state index contributed by atoms with van der Waals surface area (Å²) in [5.41, 5.74) is -0.420. The maximum absolute atomic E-state index is 10.9. The molecule has 0 spiro atoms. The van der Waals surface area contributed by atoms with Crippen molar-refractivity contribution in [3.63, 3.8) is 0 Å². The van der Waals surface area contributed by atoms with Gasteiger partial charge in [-0.2, -0.15) is 0 Å². The van der Waals surface area contributed by atoms with E-state index in [0.717, 1.165) is 19.5 Å². The molecular weight excluding hydrogens is 188 g/mol. The van der Waals surface area contributed by atoms with Crippen molar-refractivity contribution in [2.45, 2.75) is 56.2 Å². The summed E-state index contributed by atoms with van der Waals surface area (Å²) in [4.78, 5) is 2.52. The highest BCUT2D eigenvalue weighted by molar-refractivity contribution is 5.08. The van der Waals surface area contributed by atoms with Gasteiger partial charge in [0.1, 0.15) is 0 Å². The average Bonchev–Trinajstić information content (AvgIpc) is 2.88. The third kappa shape index (κ3) is 1.52. The highest BCUT2D eigenvalue weighted by Crippen LogP contribution is 2.39. The molecule has 0 aromatic carbocycles. The standard InChI is InChI=1S/C12H22N2O/c15-12(10-4-3-7-13-10)6-9-14-8-2-1-5-11(12)14/h10-11,13,15H,1-9H2. The van der Waals surface area contributed by atoms with E-state index in [4.69, 9.17) is 0 Å². The predicted molar refractivity (Wildman–Crippen MR) is 59.8 cm³/mol. The second kappa shape index (κ2) is 3.72. The van der Waals surface area contributed by atoms with Crippen LogP contribution in [-0.4, -0.2) is 47.3 Å². The number of fused-ring (bicyclic) bond motifs is 1. The lowest BCUT2D eigenvalue weighted by Gasteiger charge is -2.40. The van der Waals surface area contributed by atoms with E-state index in [9.17, 15) is 5.11 Å². The molecule has 0 aromatic heterocycles. The molecule has 3 saturated heterocycles. The minimum Gasteiger partial charge on any atom is -0.387 e. The van der Waals surface area contributed by atoms with E-state index in [1.807, 2.05) is 0 Å². The highest BCUT2D eigenvalue weighted by atomic mass is 16.3. The summed E-state index contributed by atoms with van der Waals surface area (Å²) >= 11 is 0. The molecule has 3 rings (SSSR count). The van der Waals surface area contributed by atoms with Gasteiger partial charge in [0.2, 0.25) is 0 Å². The largest absolute Gasteiger partial charge is 0.387 e. The molecule has 3 nitrogen and oxygen atoms in total. The number of hydrogen-bond acceptors (Lipinski definition) is 3. The van der Waals surface area contributed by atoms with Gasteiger partial charge in [-0.25, -0.2) is 0 Å². The summed E-state index contributed by atoms with van der Waals surface area (Å²) in [6.07, 6.45) is 7.21. The van der Waals surface area contributed by atoms with Gasteiger partial charge in [-0.1, -0.05) is 6.42 Å². The first-order valence-corrected chi connectivity index (χ1v) is 6.50. The number of hydrogen-bond donors (Lipinski definition) is 2. The van der Waals surface area contributed by atoms with Gasteiger partial charge in [0.05, 0.1) is 5.60 Å². The van der Waals surface area contributed by atoms with E-state index in [-0.39, 0.29) is 0 Å². The molecule has 3 aliphatic heterocycles. The Balaban J connectivity index is 1.78. The van der Waals surface area contributed by atoms with Crippen LogP contribution in [0.2, 0.25) is 0 Å². The van der Waals surface area contributed by atoms with Crippen LogP contribution in [0.1, 0.15) is 38.5 Å². The molecule has 3 unspecified atom stereocenters. The van der Waals surface area contributed by atoms with Gasteiger partial charge in [-0.05, 0) is 45.2 Å². The summed E-state index contributed by atoms with van der Waals surface area (Å²) in [7, 11) is 0. The Labute approximate surface area is 91.8 Å². The second-order valence-corrected chi connectivity index (χ2v) is 5.44. The van der Waals surface area contributed by atoms with E-state index >= 15 is 0 Å². The first-order valence-electron chi connectivity index (χ1n) is 6.50. The third-order valence-electron chi connectivity index (χ3n) is 4.65. The molecule has 15 heavy (non-hydrogen) atoms. The molecule has 0 bridgehead atoms. The molecule has 0 amide bonds. The maximum atomic E-state index is 10.9. The van der Waals surface area contributed by atoms with Gasteiger partial charge in [-0.15, -0.1) is 0 Å². The van der Waals surface area contributed by atoms with E-state index in [1.165, 1.54) is 38.6 Å². The van der Waals surface area contributed by atoms with Crippen molar-refractivity contribution in [1.29, 1.82) is 0 Å². The molecule has 3 heteroatoms. The van der Waals surface area contributed by atoms with Crippen molar-refractivity contribution in [3.8, 4) is 0 Å². The molecule has 86 valence electrons. The normalized spacial score (nSPS) is 47.0. The summed E-state index contributed by atoms with van der Waals surface area (Å²) in [5, 5.41) is 14.4. The monoisotopic (exact) mass is 210 g/mol. The molecule has 0 aliphatic carbocycles. The number of aliphatic hydroxyl groups is 1. The van der Waals surface area contributed by atoms with Crippen LogP contribution in [0.4, 0.5) is 0 Å². The maximum Gasteiger partial charge on any atom is 0.0966 e. The van der Waals surface area contributed by atoms with Crippen LogP contribution in [0.15, 0.2) is 0 Å². The Kier molecular flexibility index (Phi) is 2.49. The molecule has 3 fully saturated rings. The third-order valence-corrected chi connectivity index (χ3v) is 4.65. The van der Waals surface area contributed by atoms with E-state index < -0.39 is 5.60 Å².